The first-order valence-corrected chi connectivity index (χ1v) is 7.65. The summed E-state index contributed by atoms with van der Waals surface area (Å²) in [5.74, 6) is -0.555. The minimum absolute atomic E-state index is 0.234. The fourth-order valence-corrected chi connectivity index (χ4v) is 3.77. The standard InChI is InChI=1S/C16H22N2O3/c1-12-14(15(19)20)13(17-21-12)10-18-9-5-8-16(11-18)6-3-2-4-7-16/h2-3H,4-11H2,1H3,(H,19,20). The van der Waals surface area contributed by atoms with Gasteiger partial charge in [-0.2, -0.15) is 0 Å². The summed E-state index contributed by atoms with van der Waals surface area (Å²) in [5, 5.41) is 13.2. The van der Waals surface area contributed by atoms with Crippen molar-refractivity contribution in [2.75, 3.05) is 13.1 Å². The zero-order valence-electron chi connectivity index (χ0n) is 12.5. The van der Waals surface area contributed by atoms with Gasteiger partial charge in [0.05, 0.1) is 0 Å². The first-order valence-electron chi connectivity index (χ1n) is 7.65. The number of carbonyl (C=O) groups is 1. The second-order valence-electron chi connectivity index (χ2n) is 6.39. The SMILES string of the molecule is Cc1onc(CN2CCCC3(CC=CCC3)C2)c1C(=O)O. The van der Waals surface area contributed by atoms with E-state index in [4.69, 9.17) is 4.52 Å². The quantitative estimate of drug-likeness (QED) is 0.867. The summed E-state index contributed by atoms with van der Waals surface area (Å²) >= 11 is 0. The van der Waals surface area contributed by atoms with E-state index in [9.17, 15) is 9.90 Å². The normalized spacial score (nSPS) is 26.3. The molecular formula is C16H22N2O3. The highest BCUT2D eigenvalue weighted by Crippen LogP contribution is 2.41. The smallest absolute Gasteiger partial charge is 0.341 e. The number of nitrogens with zero attached hydrogens (tertiary/aromatic N) is 2. The van der Waals surface area contributed by atoms with Crippen LogP contribution in [0.3, 0.4) is 0 Å². The van der Waals surface area contributed by atoms with Gasteiger partial charge < -0.3 is 9.63 Å². The van der Waals surface area contributed by atoms with Crippen molar-refractivity contribution in [3.63, 3.8) is 0 Å². The third-order valence-electron chi connectivity index (χ3n) is 4.82. The van der Waals surface area contributed by atoms with Gasteiger partial charge >= 0.3 is 5.97 Å². The van der Waals surface area contributed by atoms with Crippen LogP contribution in [0.4, 0.5) is 0 Å². The van der Waals surface area contributed by atoms with Crippen molar-refractivity contribution in [3.05, 3.63) is 29.2 Å². The van der Waals surface area contributed by atoms with Gasteiger partial charge in [-0.1, -0.05) is 17.3 Å². The van der Waals surface area contributed by atoms with Crippen LogP contribution in [-0.4, -0.2) is 34.2 Å². The topological polar surface area (TPSA) is 66.6 Å². The molecule has 0 saturated carbocycles. The summed E-state index contributed by atoms with van der Waals surface area (Å²) in [6.07, 6.45) is 10.6. The van der Waals surface area contributed by atoms with E-state index in [1.54, 1.807) is 6.92 Å². The number of aryl methyl sites for hydroxylation is 1. The summed E-state index contributed by atoms with van der Waals surface area (Å²) in [5.41, 5.74) is 1.18. The molecule has 1 fully saturated rings. The van der Waals surface area contributed by atoms with Crippen molar-refractivity contribution < 1.29 is 14.4 Å². The summed E-state index contributed by atoms with van der Waals surface area (Å²) < 4.78 is 5.07. The third kappa shape index (κ3) is 2.88. The van der Waals surface area contributed by atoms with Crippen LogP contribution in [0.1, 0.15) is 53.9 Å². The van der Waals surface area contributed by atoms with Crippen molar-refractivity contribution in [2.45, 2.75) is 45.6 Å². The Morgan fingerprint density at radius 1 is 1.48 bits per heavy atom. The Hall–Kier alpha value is -1.62. The molecular weight excluding hydrogens is 268 g/mol. The molecule has 1 unspecified atom stereocenters. The summed E-state index contributed by atoms with van der Waals surface area (Å²) in [6, 6.07) is 0. The van der Waals surface area contributed by atoms with Gasteiger partial charge in [0.1, 0.15) is 17.0 Å². The van der Waals surface area contributed by atoms with Crippen molar-refractivity contribution >= 4 is 5.97 Å². The second-order valence-corrected chi connectivity index (χ2v) is 6.39. The van der Waals surface area contributed by atoms with Crippen LogP contribution >= 0.6 is 0 Å². The second kappa shape index (κ2) is 5.64. The molecule has 1 aliphatic heterocycles. The highest BCUT2D eigenvalue weighted by Gasteiger charge is 2.35. The average Bonchev–Trinajstić information content (AvgIpc) is 2.81. The molecule has 5 nitrogen and oxygen atoms in total. The highest BCUT2D eigenvalue weighted by molar-refractivity contribution is 5.89. The van der Waals surface area contributed by atoms with E-state index in [0.29, 0.717) is 23.4 Å². The van der Waals surface area contributed by atoms with E-state index in [2.05, 4.69) is 22.2 Å². The van der Waals surface area contributed by atoms with Gasteiger partial charge in [-0.3, -0.25) is 4.90 Å². The van der Waals surface area contributed by atoms with Crippen molar-refractivity contribution in [1.82, 2.24) is 10.1 Å². The van der Waals surface area contributed by atoms with E-state index < -0.39 is 5.97 Å². The Morgan fingerprint density at radius 2 is 2.33 bits per heavy atom. The number of hydrogen-bond donors (Lipinski definition) is 1. The third-order valence-corrected chi connectivity index (χ3v) is 4.82. The van der Waals surface area contributed by atoms with Crippen LogP contribution in [0, 0.1) is 12.3 Å². The molecule has 1 spiro atoms. The molecule has 21 heavy (non-hydrogen) atoms. The lowest BCUT2D eigenvalue weighted by molar-refractivity contribution is 0.0671. The van der Waals surface area contributed by atoms with Gasteiger partial charge in [0, 0.05) is 13.1 Å². The van der Waals surface area contributed by atoms with Gasteiger partial charge in [-0.15, -0.1) is 0 Å². The predicted octanol–water partition coefficient (Wildman–Crippen LogP) is 3.00. The van der Waals surface area contributed by atoms with Crippen LogP contribution in [0.25, 0.3) is 0 Å². The first-order chi connectivity index (χ1) is 10.1. The van der Waals surface area contributed by atoms with Crippen LogP contribution in [0.2, 0.25) is 0 Å². The zero-order valence-corrected chi connectivity index (χ0v) is 12.5. The molecule has 1 atom stereocenters. The number of rotatable bonds is 3. The lowest BCUT2D eigenvalue weighted by Gasteiger charge is -2.43. The number of carboxylic acids is 1. The van der Waals surface area contributed by atoms with Crippen molar-refractivity contribution in [2.24, 2.45) is 5.41 Å². The number of piperidine rings is 1. The number of likely N-dealkylation sites (tertiary alicyclic amines) is 1. The largest absolute Gasteiger partial charge is 0.477 e. The molecule has 0 radical (unpaired) electrons. The number of allylic oxidation sites excluding steroid dienone is 2. The lowest BCUT2D eigenvalue weighted by atomic mass is 9.71. The minimum atomic E-state index is -0.948. The Labute approximate surface area is 124 Å². The molecule has 5 heteroatoms. The minimum Gasteiger partial charge on any atom is -0.477 e. The highest BCUT2D eigenvalue weighted by atomic mass is 16.5. The van der Waals surface area contributed by atoms with Crippen LogP contribution in [-0.2, 0) is 6.54 Å². The van der Waals surface area contributed by atoms with E-state index in [1.807, 2.05) is 0 Å². The van der Waals surface area contributed by atoms with Gasteiger partial charge in [0.2, 0.25) is 0 Å². The Bertz CT molecular complexity index is 564. The number of carboxylic acid groups (broad SMARTS) is 1. The molecule has 114 valence electrons. The van der Waals surface area contributed by atoms with Crippen molar-refractivity contribution in [3.8, 4) is 0 Å². The van der Waals surface area contributed by atoms with Gasteiger partial charge in [0.25, 0.3) is 0 Å². The molecule has 2 aliphatic rings. The van der Waals surface area contributed by atoms with Gasteiger partial charge in [-0.25, -0.2) is 4.79 Å². The number of hydrogen-bond acceptors (Lipinski definition) is 4. The fourth-order valence-electron chi connectivity index (χ4n) is 3.77. The molecule has 1 aromatic heterocycles. The number of aromatic carboxylic acids is 1. The summed E-state index contributed by atoms with van der Waals surface area (Å²) in [4.78, 5) is 13.7. The predicted molar refractivity (Wildman–Crippen MR) is 78.1 cm³/mol. The maximum Gasteiger partial charge on any atom is 0.341 e. The molecule has 3 rings (SSSR count). The molecule has 1 aromatic rings. The van der Waals surface area contributed by atoms with Crippen LogP contribution in [0.15, 0.2) is 16.7 Å². The van der Waals surface area contributed by atoms with Gasteiger partial charge in [0.15, 0.2) is 0 Å². The molecule has 1 saturated heterocycles. The molecule has 0 aromatic carbocycles. The molecule has 2 heterocycles. The lowest BCUT2D eigenvalue weighted by Crippen LogP contribution is -2.43. The maximum atomic E-state index is 11.3. The van der Waals surface area contributed by atoms with E-state index in [0.717, 1.165) is 25.9 Å². The van der Waals surface area contributed by atoms with E-state index >= 15 is 0 Å². The van der Waals surface area contributed by atoms with Crippen LogP contribution < -0.4 is 0 Å². The molecule has 0 bridgehead atoms. The maximum absolute atomic E-state index is 11.3. The Morgan fingerprint density at radius 3 is 3.05 bits per heavy atom. The molecule has 1 aliphatic carbocycles. The van der Waals surface area contributed by atoms with E-state index in [-0.39, 0.29) is 5.56 Å². The van der Waals surface area contributed by atoms with Crippen molar-refractivity contribution in [1.29, 1.82) is 0 Å². The fraction of sp³-hybridized carbons (Fsp3) is 0.625. The monoisotopic (exact) mass is 290 g/mol. The van der Waals surface area contributed by atoms with Gasteiger partial charge in [-0.05, 0) is 51.0 Å². The van der Waals surface area contributed by atoms with E-state index in [1.165, 1.54) is 19.3 Å². The first kappa shape index (κ1) is 14.3. The molecule has 1 N–H and O–H groups in total. The zero-order chi connectivity index (χ0) is 14.9. The summed E-state index contributed by atoms with van der Waals surface area (Å²) in [6.45, 7) is 4.27. The van der Waals surface area contributed by atoms with Crippen LogP contribution in [0.5, 0.6) is 0 Å². The Kier molecular flexibility index (Phi) is 3.85. The Balaban J connectivity index is 1.73. The average molecular weight is 290 g/mol. The number of aromatic nitrogens is 1. The molecule has 0 amide bonds. The summed E-state index contributed by atoms with van der Waals surface area (Å²) in [7, 11) is 0.